The quantitative estimate of drug-likeness (QED) is 0.790. The van der Waals surface area contributed by atoms with Crippen LogP contribution in [0.5, 0.6) is 0 Å². The lowest BCUT2D eigenvalue weighted by atomic mass is 10.1. The van der Waals surface area contributed by atoms with Gasteiger partial charge in [0, 0.05) is 25.1 Å². The highest BCUT2D eigenvalue weighted by molar-refractivity contribution is 5.87. The van der Waals surface area contributed by atoms with Crippen LogP contribution in [0.15, 0.2) is 24.3 Å². The summed E-state index contributed by atoms with van der Waals surface area (Å²) >= 11 is 0. The maximum atomic E-state index is 12.5. The van der Waals surface area contributed by atoms with Crippen LogP contribution in [-0.4, -0.2) is 53.3 Å². The summed E-state index contributed by atoms with van der Waals surface area (Å²) in [5.74, 6) is 0.153. The Morgan fingerprint density at radius 1 is 1.35 bits per heavy atom. The highest BCUT2D eigenvalue weighted by Crippen LogP contribution is 2.18. The van der Waals surface area contributed by atoms with Crippen molar-refractivity contribution in [1.29, 1.82) is 0 Å². The number of ether oxygens (including phenoxy) is 1. The van der Waals surface area contributed by atoms with E-state index in [-0.39, 0.29) is 12.0 Å². The Kier molecular flexibility index (Phi) is 5.25. The predicted octanol–water partition coefficient (Wildman–Crippen LogP) is 1.46. The van der Waals surface area contributed by atoms with Crippen LogP contribution in [0.1, 0.15) is 25.0 Å². The Hall–Kier alpha value is -1.92. The average Bonchev–Trinajstić information content (AvgIpc) is 2.99. The van der Waals surface area contributed by atoms with E-state index in [2.05, 4.69) is 10.2 Å². The van der Waals surface area contributed by atoms with Gasteiger partial charge in [-0.2, -0.15) is 5.10 Å². The molecule has 1 aromatic carbocycles. The number of nitrogens with zero attached hydrogens (tertiary/aromatic N) is 2. The molecule has 0 spiro atoms. The van der Waals surface area contributed by atoms with Crippen LogP contribution in [0.2, 0.25) is 0 Å². The van der Waals surface area contributed by atoms with E-state index >= 15 is 0 Å². The minimum absolute atomic E-state index is 0.153. The van der Waals surface area contributed by atoms with E-state index in [9.17, 15) is 4.79 Å². The molecule has 1 fully saturated rings. The van der Waals surface area contributed by atoms with E-state index in [0.29, 0.717) is 13.0 Å². The van der Waals surface area contributed by atoms with Crippen molar-refractivity contribution in [2.24, 2.45) is 5.73 Å². The molecule has 2 aromatic rings. The van der Waals surface area contributed by atoms with Crippen LogP contribution in [0.3, 0.4) is 0 Å². The van der Waals surface area contributed by atoms with Crippen LogP contribution in [0.25, 0.3) is 10.9 Å². The Bertz CT molecular complexity index is 647. The number of para-hydroxylation sites is 1. The second kappa shape index (κ2) is 7.57. The fraction of sp³-hybridized carbons (Fsp3) is 0.529. The first-order valence-corrected chi connectivity index (χ1v) is 8.29. The second-order valence-electron chi connectivity index (χ2n) is 5.99. The monoisotopic (exact) mass is 316 g/mol. The second-order valence-corrected chi connectivity index (χ2v) is 5.99. The molecule has 3 N–H and O–H groups in total. The van der Waals surface area contributed by atoms with Gasteiger partial charge in [0.05, 0.1) is 23.7 Å². The minimum Gasteiger partial charge on any atom is -0.378 e. The first-order valence-electron chi connectivity index (χ1n) is 8.29. The Morgan fingerprint density at radius 2 is 2.13 bits per heavy atom. The number of aromatic amines is 1. The molecule has 0 bridgehead atoms. The first-order chi connectivity index (χ1) is 11.3. The predicted molar refractivity (Wildman–Crippen MR) is 89.0 cm³/mol. The molecule has 0 aliphatic carbocycles. The summed E-state index contributed by atoms with van der Waals surface area (Å²) in [5.41, 5.74) is 7.27. The summed E-state index contributed by atoms with van der Waals surface area (Å²) in [6, 6.07) is 7.86. The Balaban J connectivity index is 1.52. The SMILES string of the molecule is NCCCOC1CCN(C(=O)Cc2[nH]nc3ccccc23)CC1. The topological polar surface area (TPSA) is 84.2 Å². The van der Waals surface area contributed by atoms with Gasteiger partial charge in [-0.1, -0.05) is 18.2 Å². The van der Waals surface area contributed by atoms with Crippen molar-refractivity contribution in [3.63, 3.8) is 0 Å². The molecule has 0 unspecified atom stereocenters. The van der Waals surface area contributed by atoms with Crippen molar-refractivity contribution in [3.8, 4) is 0 Å². The van der Waals surface area contributed by atoms with Gasteiger partial charge in [-0.25, -0.2) is 0 Å². The van der Waals surface area contributed by atoms with Crippen molar-refractivity contribution in [2.75, 3.05) is 26.2 Å². The van der Waals surface area contributed by atoms with Crippen LogP contribution in [-0.2, 0) is 16.0 Å². The number of nitrogens with two attached hydrogens (primary N) is 1. The molecule has 124 valence electrons. The lowest BCUT2D eigenvalue weighted by Gasteiger charge is -2.32. The third kappa shape index (κ3) is 3.89. The van der Waals surface area contributed by atoms with Crippen molar-refractivity contribution >= 4 is 16.8 Å². The number of benzene rings is 1. The molecule has 23 heavy (non-hydrogen) atoms. The van der Waals surface area contributed by atoms with Gasteiger partial charge in [0.2, 0.25) is 5.91 Å². The lowest BCUT2D eigenvalue weighted by Crippen LogP contribution is -2.41. The van der Waals surface area contributed by atoms with Crippen LogP contribution in [0.4, 0.5) is 0 Å². The lowest BCUT2D eigenvalue weighted by molar-refractivity contribution is -0.133. The van der Waals surface area contributed by atoms with E-state index in [1.54, 1.807) is 0 Å². The summed E-state index contributed by atoms with van der Waals surface area (Å²) in [6.07, 6.45) is 3.34. The molecule has 3 rings (SSSR count). The smallest absolute Gasteiger partial charge is 0.228 e. The average molecular weight is 316 g/mol. The minimum atomic E-state index is 0.153. The molecule has 1 aliphatic heterocycles. The van der Waals surface area contributed by atoms with E-state index in [1.807, 2.05) is 29.2 Å². The van der Waals surface area contributed by atoms with Crippen LogP contribution in [0, 0.1) is 0 Å². The number of carbonyl (C=O) groups is 1. The molecule has 1 saturated heterocycles. The number of H-pyrrole nitrogens is 1. The normalized spacial score (nSPS) is 16.1. The highest BCUT2D eigenvalue weighted by Gasteiger charge is 2.23. The fourth-order valence-corrected chi connectivity index (χ4v) is 3.02. The van der Waals surface area contributed by atoms with Gasteiger partial charge in [-0.15, -0.1) is 0 Å². The third-order valence-electron chi connectivity index (χ3n) is 4.37. The van der Waals surface area contributed by atoms with Gasteiger partial charge in [-0.05, 0) is 31.9 Å². The molecule has 0 atom stereocenters. The third-order valence-corrected chi connectivity index (χ3v) is 4.37. The summed E-state index contributed by atoms with van der Waals surface area (Å²) < 4.78 is 5.78. The standard InChI is InChI=1S/C17H24N4O2/c18-8-3-11-23-13-6-9-21(10-7-13)17(22)12-16-14-4-1-2-5-15(14)19-20-16/h1-2,4-5,13H,3,6-12,18H2,(H,19,20). The zero-order chi connectivity index (χ0) is 16.1. The summed E-state index contributed by atoms with van der Waals surface area (Å²) in [6.45, 7) is 2.90. The van der Waals surface area contributed by atoms with Gasteiger partial charge in [0.1, 0.15) is 0 Å². The highest BCUT2D eigenvalue weighted by atomic mass is 16.5. The van der Waals surface area contributed by atoms with Crippen molar-refractivity contribution in [2.45, 2.75) is 31.8 Å². The Labute approximate surface area is 136 Å². The van der Waals surface area contributed by atoms with E-state index in [4.69, 9.17) is 10.5 Å². The zero-order valence-corrected chi connectivity index (χ0v) is 13.3. The number of fused-ring (bicyclic) bond motifs is 1. The van der Waals surface area contributed by atoms with Crippen molar-refractivity contribution < 1.29 is 9.53 Å². The van der Waals surface area contributed by atoms with Gasteiger partial charge < -0.3 is 15.4 Å². The summed E-state index contributed by atoms with van der Waals surface area (Å²) in [7, 11) is 0. The number of hydrogen-bond acceptors (Lipinski definition) is 4. The molecule has 6 heteroatoms. The van der Waals surface area contributed by atoms with Crippen molar-refractivity contribution in [1.82, 2.24) is 15.1 Å². The van der Waals surface area contributed by atoms with Gasteiger partial charge in [0.25, 0.3) is 0 Å². The first kappa shape index (κ1) is 16.0. The Morgan fingerprint density at radius 3 is 2.91 bits per heavy atom. The molecule has 0 radical (unpaired) electrons. The van der Waals surface area contributed by atoms with E-state index in [1.165, 1.54) is 0 Å². The molecule has 1 amide bonds. The van der Waals surface area contributed by atoms with Crippen LogP contribution >= 0.6 is 0 Å². The van der Waals surface area contributed by atoms with Crippen LogP contribution < -0.4 is 5.73 Å². The number of hydrogen-bond donors (Lipinski definition) is 2. The van der Waals surface area contributed by atoms with Gasteiger partial charge >= 0.3 is 0 Å². The number of likely N-dealkylation sites (tertiary alicyclic amines) is 1. The van der Waals surface area contributed by atoms with E-state index in [0.717, 1.165) is 55.6 Å². The molecule has 0 saturated carbocycles. The number of rotatable bonds is 6. The zero-order valence-electron chi connectivity index (χ0n) is 13.3. The number of piperidine rings is 1. The fourth-order valence-electron chi connectivity index (χ4n) is 3.02. The van der Waals surface area contributed by atoms with Gasteiger partial charge in [-0.3, -0.25) is 9.89 Å². The molecule has 2 heterocycles. The summed E-state index contributed by atoms with van der Waals surface area (Å²) in [4.78, 5) is 14.4. The molecule has 1 aromatic heterocycles. The largest absolute Gasteiger partial charge is 0.378 e. The maximum absolute atomic E-state index is 12.5. The summed E-state index contributed by atoms with van der Waals surface area (Å²) in [5, 5.41) is 8.27. The molecular weight excluding hydrogens is 292 g/mol. The van der Waals surface area contributed by atoms with Gasteiger partial charge in [0.15, 0.2) is 0 Å². The molecular formula is C17H24N4O2. The number of amides is 1. The molecule has 1 aliphatic rings. The van der Waals surface area contributed by atoms with E-state index < -0.39 is 0 Å². The maximum Gasteiger partial charge on any atom is 0.228 e. The molecule has 6 nitrogen and oxygen atoms in total. The number of nitrogens with one attached hydrogen (secondary N) is 1. The number of carbonyl (C=O) groups excluding carboxylic acids is 1. The number of aromatic nitrogens is 2. The van der Waals surface area contributed by atoms with Crippen molar-refractivity contribution in [3.05, 3.63) is 30.0 Å².